The van der Waals surface area contributed by atoms with E-state index >= 15 is 0 Å². The van der Waals surface area contributed by atoms with E-state index in [2.05, 4.69) is 0 Å². The highest BCUT2D eigenvalue weighted by atomic mass is 32.2. The first-order valence-corrected chi connectivity index (χ1v) is 6.24. The fourth-order valence-corrected chi connectivity index (χ4v) is 1.96. The lowest BCUT2D eigenvalue weighted by atomic mass is 10.1. The highest BCUT2D eigenvalue weighted by Gasteiger charge is 2.14. The number of benzene rings is 1. The average Bonchev–Trinajstić information content (AvgIpc) is 2.28. The van der Waals surface area contributed by atoms with Gasteiger partial charge >= 0.3 is 0 Å². The highest BCUT2D eigenvalue weighted by Crippen LogP contribution is 2.17. The molecule has 0 heterocycles. The number of Topliss-reactive ketones (excluding diaryl/α,β-unsaturated/α-hetero) is 1. The van der Waals surface area contributed by atoms with Crippen LogP contribution < -0.4 is 0 Å². The molecule has 0 spiro atoms. The van der Waals surface area contributed by atoms with Crippen molar-refractivity contribution in [1.82, 2.24) is 0 Å². The van der Waals surface area contributed by atoms with Gasteiger partial charge < -0.3 is 5.11 Å². The molecule has 0 bridgehead atoms. The molecule has 94 valence electrons. The Hall–Kier alpha value is -0.940. The first-order valence-electron chi connectivity index (χ1n) is 5.19. The van der Waals surface area contributed by atoms with E-state index in [9.17, 15) is 18.7 Å². The summed E-state index contributed by atoms with van der Waals surface area (Å²) >= 11 is 1.28. The molecular formula is C12H14F2O2S. The molecule has 0 fully saturated rings. The molecule has 0 radical (unpaired) electrons. The summed E-state index contributed by atoms with van der Waals surface area (Å²) in [6.07, 6.45) is -0.516. The Kier molecular flexibility index (Phi) is 5.08. The van der Waals surface area contributed by atoms with Crippen LogP contribution in [0, 0.1) is 11.6 Å². The Morgan fingerprint density at radius 3 is 2.53 bits per heavy atom. The largest absolute Gasteiger partial charge is 0.392 e. The van der Waals surface area contributed by atoms with Gasteiger partial charge in [-0.05, 0) is 25.1 Å². The topological polar surface area (TPSA) is 37.3 Å². The second kappa shape index (κ2) is 6.12. The second-order valence-electron chi connectivity index (χ2n) is 3.81. The molecule has 0 amide bonds. The van der Waals surface area contributed by atoms with Crippen molar-refractivity contribution < 1.29 is 18.7 Å². The zero-order chi connectivity index (χ0) is 13.0. The summed E-state index contributed by atoms with van der Waals surface area (Å²) in [6, 6.07) is 3.09. The fourth-order valence-electron chi connectivity index (χ4n) is 1.10. The molecule has 0 saturated heterocycles. The minimum absolute atomic E-state index is 0.0794. The van der Waals surface area contributed by atoms with Crippen molar-refractivity contribution in [3.63, 3.8) is 0 Å². The van der Waals surface area contributed by atoms with Crippen LogP contribution in [0.5, 0.6) is 0 Å². The number of hydrogen-bond acceptors (Lipinski definition) is 3. The van der Waals surface area contributed by atoms with Crippen molar-refractivity contribution in [3.8, 4) is 0 Å². The molecule has 1 rings (SSSR count). The molecule has 2 atom stereocenters. The van der Waals surface area contributed by atoms with Gasteiger partial charge in [-0.25, -0.2) is 8.78 Å². The SMILES string of the molecule is CC(O)C(C)SCC(=O)c1ccc(F)c(F)c1. The lowest BCUT2D eigenvalue weighted by Crippen LogP contribution is -2.17. The van der Waals surface area contributed by atoms with Gasteiger partial charge in [-0.1, -0.05) is 6.92 Å². The molecule has 2 nitrogen and oxygen atoms in total. The van der Waals surface area contributed by atoms with Crippen LogP contribution in [0.4, 0.5) is 8.78 Å². The van der Waals surface area contributed by atoms with Crippen LogP contribution >= 0.6 is 11.8 Å². The van der Waals surface area contributed by atoms with Crippen LogP contribution in [0.25, 0.3) is 0 Å². The van der Waals surface area contributed by atoms with Gasteiger partial charge in [0, 0.05) is 10.8 Å². The molecule has 1 aromatic rings. The third-order valence-electron chi connectivity index (χ3n) is 2.40. The molecule has 0 aromatic heterocycles. The third-order valence-corrected chi connectivity index (χ3v) is 3.75. The first-order chi connectivity index (χ1) is 7.91. The normalized spacial score (nSPS) is 14.4. The van der Waals surface area contributed by atoms with Crippen LogP contribution in [0.2, 0.25) is 0 Å². The van der Waals surface area contributed by atoms with Crippen molar-refractivity contribution in [2.24, 2.45) is 0 Å². The summed E-state index contributed by atoms with van der Waals surface area (Å²) in [5.74, 6) is -2.13. The zero-order valence-electron chi connectivity index (χ0n) is 9.61. The number of thioether (sulfide) groups is 1. The van der Waals surface area contributed by atoms with E-state index in [1.807, 2.05) is 0 Å². The standard InChI is InChI=1S/C12H14F2O2S/c1-7(15)8(2)17-6-12(16)9-3-4-10(13)11(14)5-9/h3-5,7-8,15H,6H2,1-2H3. The predicted molar refractivity (Wildman–Crippen MR) is 64.3 cm³/mol. The van der Waals surface area contributed by atoms with E-state index in [1.165, 1.54) is 17.8 Å². The number of ketones is 1. The molecule has 17 heavy (non-hydrogen) atoms. The predicted octanol–water partition coefficient (Wildman–Crippen LogP) is 2.65. The van der Waals surface area contributed by atoms with E-state index in [1.54, 1.807) is 13.8 Å². The van der Waals surface area contributed by atoms with Crippen LogP contribution in [-0.4, -0.2) is 28.0 Å². The van der Waals surface area contributed by atoms with Crippen molar-refractivity contribution >= 4 is 17.5 Å². The van der Waals surface area contributed by atoms with Crippen LogP contribution in [-0.2, 0) is 0 Å². The maximum atomic E-state index is 12.9. The van der Waals surface area contributed by atoms with Gasteiger partial charge in [0.2, 0.25) is 0 Å². The van der Waals surface area contributed by atoms with Gasteiger partial charge in [-0.3, -0.25) is 4.79 Å². The molecule has 0 aliphatic rings. The van der Waals surface area contributed by atoms with Crippen LogP contribution in [0.15, 0.2) is 18.2 Å². The number of carbonyl (C=O) groups excluding carboxylic acids is 1. The Morgan fingerprint density at radius 2 is 2.00 bits per heavy atom. The number of aliphatic hydroxyl groups excluding tert-OH is 1. The molecular weight excluding hydrogens is 246 g/mol. The van der Waals surface area contributed by atoms with E-state index < -0.39 is 17.7 Å². The van der Waals surface area contributed by atoms with Gasteiger partial charge in [0.15, 0.2) is 17.4 Å². The Bertz CT molecular complexity index is 407. The molecule has 5 heteroatoms. The highest BCUT2D eigenvalue weighted by molar-refractivity contribution is 8.00. The number of aliphatic hydroxyl groups is 1. The van der Waals surface area contributed by atoms with Crippen LogP contribution in [0.3, 0.4) is 0 Å². The number of halogens is 2. The minimum Gasteiger partial charge on any atom is -0.392 e. The number of hydrogen-bond donors (Lipinski definition) is 1. The zero-order valence-corrected chi connectivity index (χ0v) is 10.4. The van der Waals surface area contributed by atoms with E-state index in [0.717, 1.165) is 12.1 Å². The van der Waals surface area contributed by atoms with Crippen molar-refractivity contribution in [1.29, 1.82) is 0 Å². The summed E-state index contributed by atoms with van der Waals surface area (Å²) in [5, 5.41) is 9.16. The Labute approximate surface area is 103 Å². The summed E-state index contributed by atoms with van der Waals surface area (Å²) in [7, 11) is 0. The fraction of sp³-hybridized carbons (Fsp3) is 0.417. The summed E-state index contributed by atoms with van der Waals surface area (Å²) in [4.78, 5) is 11.6. The Morgan fingerprint density at radius 1 is 1.35 bits per heavy atom. The van der Waals surface area contributed by atoms with Gasteiger partial charge in [0.05, 0.1) is 11.9 Å². The van der Waals surface area contributed by atoms with Gasteiger partial charge in [-0.15, -0.1) is 11.8 Å². The molecule has 0 aliphatic carbocycles. The van der Waals surface area contributed by atoms with Crippen molar-refractivity contribution in [3.05, 3.63) is 35.4 Å². The monoisotopic (exact) mass is 260 g/mol. The maximum absolute atomic E-state index is 12.9. The van der Waals surface area contributed by atoms with Crippen molar-refractivity contribution in [2.45, 2.75) is 25.2 Å². The van der Waals surface area contributed by atoms with E-state index in [-0.39, 0.29) is 22.3 Å². The average molecular weight is 260 g/mol. The summed E-state index contributed by atoms with van der Waals surface area (Å²) in [6.45, 7) is 3.44. The summed E-state index contributed by atoms with van der Waals surface area (Å²) in [5.41, 5.74) is 0.147. The minimum atomic E-state index is -1.02. The van der Waals surface area contributed by atoms with Crippen molar-refractivity contribution in [2.75, 3.05) is 5.75 Å². The van der Waals surface area contributed by atoms with Gasteiger partial charge in [0.25, 0.3) is 0 Å². The first kappa shape index (κ1) is 14.1. The number of rotatable bonds is 5. The van der Waals surface area contributed by atoms with Gasteiger partial charge in [-0.2, -0.15) is 0 Å². The smallest absolute Gasteiger partial charge is 0.172 e. The van der Waals surface area contributed by atoms with Gasteiger partial charge in [0.1, 0.15) is 0 Å². The lowest BCUT2D eigenvalue weighted by Gasteiger charge is -2.13. The maximum Gasteiger partial charge on any atom is 0.172 e. The number of carbonyl (C=O) groups is 1. The summed E-state index contributed by atoms with van der Waals surface area (Å²) < 4.78 is 25.6. The second-order valence-corrected chi connectivity index (χ2v) is 5.17. The quantitative estimate of drug-likeness (QED) is 0.827. The Balaban J connectivity index is 2.61. The lowest BCUT2D eigenvalue weighted by molar-refractivity contribution is 0.102. The molecule has 0 saturated carbocycles. The van der Waals surface area contributed by atoms with E-state index in [4.69, 9.17) is 0 Å². The van der Waals surface area contributed by atoms with E-state index in [0.29, 0.717) is 0 Å². The molecule has 1 aromatic carbocycles. The molecule has 2 unspecified atom stereocenters. The third kappa shape index (κ3) is 4.09. The van der Waals surface area contributed by atoms with Crippen LogP contribution in [0.1, 0.15) is 24.2 Å². The molecule has 1 N–H and O–H groups in total. The molecule has 0 aliphatic heterocycles.